The van der Waals surface area contributed by atoms with Crippen molar-refractivity contribution in [1.29, 1.82) is 0 Å². The highest BCUT2D eigenvalue weighted by Crippen LogP contribution is 2.43. The Labute approximate surface area is 148 Å². The van der Waals surface area contributed by atoms with Crippen LogP contribution in [0.3, 0.4) is 0 Å². The van der Waals surface area contributed by atoms with Crippen molar-refractivity contribution < 1.29 is 4.79 Å². The van der Waals surface area contributed by atoms with Gasteiger partial charge in [0.1, 0.15) is 0 Å². The van der Waals surface area contributed by atoms with E-state index in [0.29, 0.717) is 12.6 Å². The summed E-state index contributed by atoms with van der Waals surface area (Å²) < 4.78 is 0. The fourth-order valence-electron chi connectivity index (χ4n) is 2.64. The molecule has 0 spiro atoms. The molecule has 3 heteroatoms. The number of hydrogen-bond acceptors (Lipinski definition) is 1. The fraction of sp³-hybridized carbons (Fsp3) is 0.0952. The minimum absolute atomic E-state index is 0.154. The van der Waals surface area contributed by atoms with E-state index in [1.54, 1.807) is 0 Å². The van der Waals surface area contributed by atoms with Gasteiger partial charge in [0.05, 0.1) is 0 Å². The second-order valence-corrected chi connectivity index (χ2v) is 8.39. The fourth-order valence-corrected chi connectivity index (χ4v) is 4.68. The van der Waals surface area contributed by atoms with Crippen LogP contribution in [0.4, 0.5) is 0 Å². The van der Waals surface area contributed by atoms with Crippen molar-refractivity contribution in [2.45, 2.75) is 6.42 Å². The van der Waals surface area contributed by atoms with Gasteiger partial charge in [-0.1, -0.05) is 96.2 Å². The average Bonchev–Trinajstić information content (AvgIpc) is 2.67. The summed E-state index contributed by atoms with van der Waals surface area (Å²) in [6.07, 6.45) is 1.16. The zero-order valence-electron chi connectivity index (χ0n) is 13.2. The molecule has 3 aromatic rings. The first-order valence-electron chi connectivity index (χ1n) is 7.92. The Hall–Kier alpha value is -1.95. The van der Waals surface area contributed by atoms with Crippen LogP contribution in [0.25, 0.3) is 11.1 Å². The van der Waals surface area contributed by atoms with Crippen molar-refractivity contribution in [1.82, 2.24) is 0 Å². The SMILES string of the molecule is O=C(CCP(Cl)c1ccccc1-c1ccccc1)c1ccccc1. The van der Waals surface area contributed by atoms with Crippen LogP contribution in [0.1, 0.15) is 16.8 Å². The summed E-state index contributed by atoms with van der Waals surface area (Å²) in [6, 6.07) is 27.9. The van der Waals surface area contributed by atoms with E-state index >= 15 is 0 Å². The Kier molecular flexibility index (Phi) is 5.80. The Morgan fingerprint density at radius 1 is 0.792 bits per heavy atom. The minimum Gasteiger partial charge on any atom is -0.294 e. The van der Waals surface area contributed by atoms with Crippen LogP contribution in [-0.4, -0.2) is 11.9 Å². The van der Waals surface area contributed by atoms with E-state index in [1.807, 2.05) is 60.7 Å². The first kappa shape index (κ1) is 16.9. The lowest BCUT2D eigenvalue weighted by Crippen LogP contribution is -2.07. The third-order valence-electron chi connectivity index (χ3n) is 3.88. The van der Waals surface area contributed by atoms with Crippen LogP contribution in [0.2, 0.25) is 0 Å². The molecule has 0 amide bonds. The van der Waals surface area contributed by atoms with Gasteiger partial charge in [0.2, 0.25) is 0 Å². The Bertz CT molecular complexity index is 802. The number of halogens is 1. The molecule has 0 radical (unpaired) electrons. The number of carbonyl (C=O) groups is 1. The molecule has 120 valence electrons. The third-order valence-corrected chi connectivity index (χ3v) is 6.46. The predicted molar refractivity (Wildman–Crippen MR) is 105 cm³/mol. The molecule has 0 aliphatic carbocycles. The van der Waals surface area contributed by atoms with E-state index in [4.69, 9.17) is 11.2 Å². The van der Waals surface area contributed by atoms with Crippen LogP contribution in [0.15, 0.2) is 84.9 Å². The second kappa shape index (κ2) is 8.24. The molecule has 0 aliphatic rings. The van der Waals surface area contributed by atoms with Gasteiger partial charge in [-0.2, -0.15) is 0 Å². The molecule has 0 fully saturated rings. The molecular weight excluding hydrogens is 335 g/mol. The van der Waals surface area contributed by atoms with Crippen molar-refractivity contribution in [2.24, 2.45) is 0 Å². The molecule has 3 aromatic carbocycles. The van der Waals surface area contributed by atoms with Crippen LogP contribution in [0, 0.1) is 0 Å². The van der Waals surface area contributed by atoms with Gasteiger partial charge < -0.3 is 0 Å². The zero-order valence-corrected chi connectivity index (χ0v) is 14.9. The van der Waals surface area contributed by atoms with Gasteiger partial charge in [0.25, 0.3) is 0 Å². The summed E-state index contributed by atoms with van der Waals surface area (Å²) in [6.45, 7) is 0. The molecule has 1 unspecified atom stereocenters. The van der Waals surface area contributed by atoms with Gasteiger partial charge in [-0.05, 0) is 22.6 Å². The number of rotatable bonds is 6. The van der Waals surface area contributed by atoms with E-state index in [2.05, 4.69) is 24.3 Å². The monoisotopic (exact) mass is 352 g/mol. The van der Waals surface area contributed by atoms with Crippen LogP contribution < -0.4 is 5.30 Å². The molecule has 0 saturated carbocycles. The zero-order chi connectivity index (χ0) is 16.8. The molecule has 0 bridgehead atoms. The maximum Gasteiger partial charge on any atom is 0.163 e. The largest absolute Gasteiger partial charge is 0.294 e. The topological polar surface area (TPSA) is 17.1 Å². The van der Waals surface area contributed by atoms with Crippen LogP contribution in [-0.2, 0) is 0 Å². The number of carbonyl (C=O) groups excluding carboxylic acids is 1. The van der Waals surface area contributed by atoms with Crippen LogP contribution in [0.5, 0.6) is 0 Å². The van der Waals surface area contributed by atoms with E-state index in [1.165, 1.54) is 0 Å². The van der Waals surface area contributed by atoms with E-state index in [9.17, 15) is 4.79 Å². The second-order valence-electron chi connectivity index (χ2n) is 5.51. The van der Waals surface area contributed by atoms with Crippen molar-refractivity contribution in [2.75, 3.05) is 6.16 Å². The summed E-state index contributed by atoms with van der Waals surface area (Å²) in [7, 11) is -0.892. The molecule has 0 aromatic heterocycles. The number of hydrogen-bond donors (Lipinski definition) is 0. The summed E-state index contributed by atoms with van der Waals surface area (Å²) in [5, 5.41) is 1.14. The van der Waals surface area contributed by atoms with Gasteiger partial charge in [-0.25, -0.2) is 0 Å². The number of Topliss-reactive ketones (excluding diaryl/α,β-unsaturated/α-hetero) is 1. The molecule has 1 atom stereocenters. The predicted octanol–water partition coefficient (Wildman–Crippen LogP) is 5.89. The van der Waals surface area contributed by atoms with Crippen LogP contribution >= 0.6 is 18.5 Å². The first-order chi connectivity index (χ1) is 11.8. The normalized spacial score (nSPS) is 11.9. The highest BCUT2D eigenvalue weighted by Gasteiger charge is 2.15. The Balaban J connectivity index is 1.74. The lowest BCUT2D eigenvalue weighted by molar-refractivity contribution is 0.0989. The maximum atomic E-state index is 12.3. The van der Waals surface area contributed by atoms with Crippen molar-refractivity contribution in [3.8, 4) is 11.1 Å². The van der Waals surface area contributed by atoms with Gasteiger partial charge in [-0.15, -0.1) is 0 Å². The molecule has 0 aliphatic heterocycles. The Morgan fingerprint density at radius 2 is 1.38 bits per heavy atom. The number of benzene rings is 3. The average molecular weight is 353 g/mol. The molecule has 24 heavy (non-hydrogen) atoms. The lowest BCUT2D eigenvalue weighted by Gasteiger charge is -2.15. The van der Waals surface area contributed by atoms with Gasteiger partial charge in [0.15, 0.2) is 5.78 Å². The van der Waals surface area contributed by atoms with Gasteiger partial charge >= 0.3 is 0 Å². The standard InChI is InChI=1S/C21H18ClOP/c22-24(16-15-20(23)18-11-5-2-6-12-18)21-14-8-7-13-19(21)17-9-3-1-4-10-17/h1-14H,15-16H2. The quantitative estimate of drug-likeness (QED) is 0.399. The lowest BCUT2D eigenvalue weighted by atomic mass is 10.1. The van der Waals surface area contributed by atoms with E-state index < -0.39 is 7.27 Å². The molecular formula is C21H18ClOP. The smallest absolute Gasteiger partial charge is 0.163 e. The summed E-state index contributed by atoms with van der Waals surface area (Å²) >= 11 is 6.71. The summed E-state index contributed by atoms with van der Waals surface area (Å²) in [5.41, 5.74) is 3.08. The van der Waals surface area contributed by atoms with Crippen molar-refractivity contribution >= 4 is 29.6 Å². The summed E-state index contributed by atoms with van der Waals surface area (Å²) in [5.74, 6) is 0.154. The molecule has 0 heterocycles. The van der Waals surface area contributed by atoms with Crippen molar-refractivity contribution in [3.63, 3.8) is 0 Å². The molecule has 0 saturated heterocycles. The van der Waals surface area contributed by atoms with E-state index in [-0.39, 0.29) is 5.78 Å². The van der Waals surface area contributed by atoms with Gasteiger partial charge in [-0.3, -0.25) is 4.79 Å². The highest BCUT2D eigenvalue weighted by molar-refractivity contribution is 7.90. The molecule has 1 nitrogen and oxygen atoms in total. The molecule has 0 N–H and O–H groups in total. The third kappa shape index (κ3) is 4.12. The maximum absolute atomic E-state index is 12.3. The van der Waals surface area contributed by atoms with Gasteiger partial charge in [0, 0.05) is 19.3 Å². The molecule has 3 rings (SSSR count). The van der Waals surface area contributed by atoms with E-state index in [0.717, 1.165) is 22.0 Å². The first-order valence-corrected chi connectivity index (χ1v) is 10.3. The summed E-state index contributed by atoms with van der Waals surface area (Å²) in [4.78, 5) is 12.3. The number of ketones is 1. The highest BCUT2D eigenvalue weighted by atomic mass is 35.7. The minimum atomic E-state index is -0.892. The Morgan fingerprint density at radius 3 is 2.08 bits per heavy atom. The van der Waals surface area contributed by atoms with Crippen molar-refractivity contribution in [3.05, 3.63) is 90.5 Å².